The van der Waals surface area contributed by atoms with Gasteiger partial charge >= 0.3 is 0 Å². The second kappa shape index (κ2) is 4.28. The first-order chi connectivity index (χ1) is 6.15. The molecule has 1 N–H and O–H groups in total. The molecule has 1 aliphatic heterocycles. The fourth-order valence-corrected chi connectivity index (χ4v) is 1.34. The predicted molar refractivity (Wildman–Crippen MR) is 50.2 cm³/mol. The zero-order valence-corrected chi connectivity index (χ0v) is 8.17. The van der Waals surface area contributed by atoms with Crippen molar-refractivity contribution in [3.8, 4) is 0 Å². The number of ether oxygens (including phenoxy) is 1. The van der Waals surface area contributed by atoms with Crippen molar-refractivity contribution in [1.82, 2.24) is 10.2 Å². The van der Waals surface area contributed by atoms with Crippen molar-refractivity contribution in [2.45, 2.75) is 13.0 Å². The Morgan fingerprint density at radius 1 is 1.85 bits per heavy atom. The van der Waals surface area contributed by atoms with Crippen molar-refractivity contribution in [1.29, 1.82) is 0 Å². The van der Waals surface area contributed by atoms with E-state index in [2.05, 4.69) is 11.9 Å². The third-order valence-corrected chi connectivity index (χ3v) is 2.29. The van der Waals surface area contributed by atoms with Crippen LogP contribution in [0.1, 0.15) is 6.92 Å². The molecule has 4 heteroatoms. The van der Waals surface area contributed by atoms with Gasteiger partial charge in [-0.15, -0.1) is 0 Å². The lowest BCUT2D eigenvalue weighted by atomic mass is 10.2. The molecule has 1 unspecified atom stereocenters. The van der Waals surface area contributed by atoms with E-state index in [1.165, 1.54) is 0 Å². The van der Waals surface area contributed by atoms with E-state index in [1.807, 2.05) is 11.8 Å². The Balaban J connectivity index is 2.48. The van der Waals surface area contributed by atoms with Gasteiger partial charge in [0.05, 0.1) is 19.7 Å². The molecule has 0 radical (unpaired) electrons. The van der Waals surface area contributed by atoms with E-state index < -0.39 is 0 Å². The first-order valence-electron chi connectivity index (χ1n) is 4.38. The molecule has 1 saturated heterocycles. The van der Waals surface area contributed by atoms with Crippen molar-refractivity contribution >= 4 is 5.91 Å². The van der Waals surface area contributed by atoms with Gasteiger partial charge in [-0.25, -0.2) is 0 Å². The minimum Gasteiger partial charge on any atom is -0.500 e. The smallest absolute Gasteiger partial charge is 0.237 e. The quantitative estimate of drug-likeness (QED) is 0.626. The highest BCUT2D eigenvalue weighted by Gasteiger charge is 2.25. The molecule has 1 aliphatic rings. The van der Waals surface area contributed by atoms with Crippen LogP contribution in [0.3, 0.4) is 0 Å². The number of amides is 1. The molecular weight excluding hydrogens is 168 g/mol. The Bertz CT molecular complexity index is 216. The standard InChI is InChI=1S/C9H16N2O2/c1-7(13-3)6-11-5-4-10-9(12)8(11)2/h8H,1,4-6H2,2-3H3,(H,10,12). The van der Waals surface area contributed by atoms with Crippen LogP contribution in [0.5, 0.6) is 0 Å². The molecule has 0 aromatic rings. The second-order valence-corrected chi connectivity index (χ2v) is 3.18. The van der Waals surface area contributed by atoms with Crippen molar-refractivity contribution in [3.05, 3.63) is 12.3 Å². The van der Waals surface area contributed by atoms with E-state index >= 15 is 0 Å². The predicted octanol–water partition coefficient (Wildman–Crippen LogP) is -0.0332. The van der Waals surface area contributed by atoms with E-state index in [9.17, 15) is 4.79 Å². The number of piperazine rings is 1. The van der Waals surface area contributed by atoms with Gasteiger partial charge in [-0.3, -0.25) is 9.69 Å². The molecule has 0 aromatic carbocycles. The summed E-state index contributed by atoms with van der Waals surface area (Å²) in [7, 11) is 1.59. The third kappa shape index (κ3) is 2.45. The average Bonchev–Trinajstić information content (AvgIpc) is 2.13. The van der Waals surface area contributed by atoms with Crippen molar-refractivity contribution in [3.63, 3.8) is 0 Å². The van der Waals surface area contributed by atoms with Crippen LogP contribution in [0.2, 0.25) is 0 Å². The van der Waals surface area contributed by atoms with Crippen LogP contribution in [0.25, 0.3) is 0 Å². The van der Waals surface area contributed by atoms with Gasteiger partial charge in [-0.2, -0.15) is 0 Å². The van der Waals surface area contributed by atoms with Crippen LogP contribution in [-0.2, 0) is 9.53 Å². The molecule has 1 fully saturated rings. The van der Waals surface area contributed by atoms with Gasteiger partial charge in [0.15, 0.2) is 0 Å². The molecule has 13 heavy (non-hydrogen) atoms. The number of nitrogens with zero attached hydrogens (tertiary/aromatic N) is 1. The lowest BCUT2D eigenvalue weighted by Gasteiger charge is -2.32. The first kappa shape index (κ1) is 10.1. The maximum absolute atomic E-state index is 11.3. The largest absolute Gasteiger partial charge is 0.500 e. The van der Waals surface area contributed by atoms with Crippen LogP contribution in [-0.4, -0.2) is 43.6 Å². The summed E-state index contributed by atoms with van der Waals surface area (Å²) in [6, 6.07) is -0.0827. The van der Waals surface area contributed by atoms with Crippen LogP contribution in [0, 0.1) is 0 Å². The van der Waals surface area contributed by atoms with Crippen molar-refractivity contribution < 1.29 is 9.53 Å². The first-order valence-corrected chi connectivity index (χ1v) is 4.38. The Kier molecular flexibility index (Phi) is 3.31. The van der Waals surface area contributed by atoms with Gasteiger partial charge in [0, 0.05) is 13.1 Å². The molecule has 0 saturated carbocycles. The second-order valence-electron chi connectivity index (χ2n) is 3.18. The highest BCUT2D eigenvalue weighted by Crippen LogP contribution is 2.06. The number of carbonyl (C=O) groups is 1. The van der Waals surface area contributed by atoms with Gasteiger partial charge in [-0.1, -0.05) is 6.58 Å². The summed E-state index contributed by atoms with van der Waals surface area (Å²) in [5.41, 5.74) is 0. The topological polar surface area (TPSA) is 41.6 Å². The Hall–Kier alpha value is -1.03. The maximum atomic E-state index is 11.3. The summed E-state index contributed by atoms with van der Waals surface area (Å²) in [5.74, 6) is 0.775. The SMILES string of the molecule is C=C(CN1CCNC(=O)C1C)OC. The average molecular weight is 184 g/mol. The Labute approximate surface area is 78.5 Å². The fraction of sp³-hybridized carbons (Fsp3) is 0.667. The lowest BCUT2D eigenvalue weighted by Crippen LogP contribution is -2.54. The van der Waals surface area contributed by atoms with Crippen LogP contribution in [0.15, 0.2) is 12.3 Å². The molecule has 4 nitrogen and oxygen atoms in total. The van der Waals surface area contributed by atoms with E-state index in [0.29, 0.717) is 18.8 Å². The van der Waals surface area contributed by atoms with Crippen molar-refractivity contribution in [2.24, 2.45) is 0 Å². The summed E-state index contributed by atoms with van der Waals surface area (Å²) in [4.78, 5) is 13.3. The normalized spacial score (nSPS) is 23.8. The third-order valence-electron chi connectivity index (χ3n) is 2.29. The summed E-state index contributed by atoms with van der Waals surface area (Å²) >= 11 is 0. The number of rotatable bonds is 3. The number of methoxy groups -OCH3 is 1. The van der Waals surface area contributed by atoms with E-state index in [4.69, 9.17) is 4.74 Å². The molecule has 74 valence electrons. The lowest BCUT2D eigenvalue weighted by molar-refractivity contribution is -0.128. The number of hydrogen-bond donors (Lipinski definition) is 1. The van der Waals surface area contributed by atoms with Gasteiger partial charge in [0.25, 0.3) is 0 Å². The summed E-state index contributed by atoms with van der Waals surface area (Å²) in [6.07, 6.45) is 0. The molecule has 0 bridgehead atoms. The fourth-order valence-electron chi connectivity index (χ4n) is 1.34. The minimum absolute atomic E-state index is 0.0788. The monoisotopic (exact) mass is 184 g/mol. The maximum Gasteiger partial charge on any atom is 0.237 e. The Morgan fingerprint density at radius 2 is 2.54 bits per heavy atom. The highest BCUT2D eigenvalue weighted by molar-refractivity contribution is 5.82. The number of hydrogen-bond acceptors (Lipinski definition) is 3. The van der Waals surface area contributed by atoms with E-state index in [1.54, 1.807) is 7.11 Å². The van der Waals surface area contributed by atoms with Crippen LogP contribution < -0.4 is 5.32 Å². The summed E-state index contributed by atoms with van der Waals surface area (Å²) in [6.45, 7) is 7.81. The molecule has 1 amide bonds. The highest BCUT2D eigenvalue weighted by atomic mass is 16.5. The van der Waals surface area contributed by atoms with Crippen molar-refractivity contribution in [2.75, 3.05) is 26.7 Å². The van der Waals surface area contributed by atoms with Gasteiger partial charge < -0.3 is 10.1 Å². The molecule has 0 aliphatic carbocycles. The van der Waals surface area contributed by atoms with E-state index in [0.717, 1.165) is 6.54 Å². The number of nitrogens with one attached hydrogen (secondary N) is 1. The molecule has 1 rings (SSSR count). The molecule has 1 heterocycles. The van der Waals surface area contributed by atoms with Crippen LogP contribution in [0.4, 0.5) is 0 Å². The molecule has 0 spiro atoms. The molecular formula is C9H16N2O2. The summed E-state index contributed by atoms with van der Waals surface area (Å²) < 4.78 is 4.97. The minimum atomic E-state index is -0.0827. The van der Waals surface area contributed by atoms with Gasteiger partial charge in [-0.05, 0) is 6.92 Å². The molecule has 1 atom stereocenters. The Morgan fingerprint density at radius 3 is 3.15 bits per heavy atom. The van der Waals surface area contributed by atoms with Gasteiger partial charge in [0.2, 0.25) is 5.91 Å². The van der Waals surface area contributed by atoms with Crippen LogP contribution >= 0.6 is 0 Å². The number of carbonyl (C=O) groups excluding carboxylic acids is 1. The van der Waals surface area contributed by atoms with Gasteiger partial charge in [0.1, 0.15) is 5.76 Å². The molecule has 0 aromatic heterocycles. The zero-order valence-electron chi connectivity index (χ0n) is 8.17. The summed E-state index contributed by atoms with van der Waals surface area (Å²) in [5, 5.41) is 2.80. The van der Waals surface area contributed by atoms with E-state index in [-0.39, 0.29) is 11.9 Å². The zero-order chi connectivity index (χ0) is 9.84.